The van der Waals surface area contributed by atoms with Crippen LogP contribution >= 0.6 is 11.6 Å². The minimum atomic E-state index is -3.73. The summed E-state index contributed by atoms with van der Waals surface area (Å²) in [5, 5.41) is 17.3. The fourth-order valence-corrected chi connectivity index (χ4v) is 11.0. The maximum atomic E-state index is 14.7. The first-order chi connectivity index (χ1) is 26.6. The molecule has 0 saturated heterocycles. The van der Waals surface area contributed by atoms with Crippen LogP contribution in [0.5, 0.6) is 11.6 Å². The molecule has 3 amide bonds. The molecule has 0 radical (unpaired) electrons. The quantitative estimate of drug-likeness (QED) is 0.325. The standard InChI is InChI=1S/C41H51ClN6O7S/c1-26-8-6-17-41(52,20-36(49)46(2)3)33-13-10-29(33)21-48-24-40(16-7-9-27-18-30(42)12-14-32(27)40)25-55-35-15-11-28(19-34(35)48)37(50)44-56(53,23-26)45-38(51)31-22-47(4)43-39(31)54-5/h6,11-12,14-15,17-19,22,26,29,33,52H,7-10,13,16,20-21,23-25H2,1-5H3,(H,44,45,50,51,53)/b17-6-/t26-,29-,33+,40-,41+,56?/m0/s1. The number of aryl methyl sites for hydroxylation is 2. The maximum absolute atomic E-state index is 14.7. The molecule has 3 heterocycles. The highest BCUT2D eigenvalue weighted by Gasteiger charge is 2.49. The molecule has 2 N–H and O–H groups in total. The summed E-state index contributed by atoms with van der Waals surface area (Å²) >= 11 is 6.47. The molecule has 1 saturated carbocycles. The Morgan fingerprint density at radius 1 is 1.20 bits per heavy atom. The number of fused-ring (bicyclic) bond motifs is 4. The molecular formula is C41H51ClN6O7S. The molecule has 56 heavy (non-hydrogen) atoms. The van der Waals surface area contributed by atoms with E-state index in [1.165, 1.54) is 34.0 Å². The van der Waals surface area contributed by atoms with Crippen LogP contribution in [0.2, 0.25) is 5.02 Å². The Labute approximate surface area is 333 Å². The van der Waals surface area contributed by atoms with Gasteiger partial charge in [-0.1, -0.05) is 36.7 Å². The van der Waals surface area contributed by atoms with Crippen LogP contribution < -0.4 is 19.1 Å². The summed E-state index contributed by atoms with van der Waals surface area (Å²) in [5.74, 6) is -1.74. The lowest BCUT2D eigenvalue weighted by molar-refractivity contribution is -0.137. The average molecular weight is 807 g/mol. The predicted octanol–water partition coefficient (Wildman–Crippen LogP) is 5.34. The number of carbonyl (C=O) groups is 3. The van der Waals surface area contributed by atoms with Gasteiger partial charge in [0.25, 0.3) is 11.8 Å². The van der Waals surface area contributed by atoms with E-state index in [1.54, 1.807) is 45.4 Å². The number of rotatable bonds is 5. The molecule has 2 aliphatic heterocycles. The number of nitrogens with one attached hydrogen (secondary N) is 1. The topological polar surface area (TPSA) is 156 Å². The van der Waals surface area contributed by atoms with Crippen LogP contribution in [0.15, 0.2) is 59.1 Å². The van der Waals surface area contributed by atoms with Crippen LogP contribution in [0.3, 0.4) is 0 Å². The molecule has 1 fully saturated rings. The van der Waals surface area contributed by atoms with E-state index in [2.05, 4.69) is 25.1 Å². The lowest BCUT2D eigenvalue weighted by Crippen LogP contribution is -2.53. The number of carbonyl (C=O) groups excluding carboxylic acids is 3. The monoisotopic (exact) mass is 806 g/mol. The van der Waals surface area contributed by atoms with Gasteiger partial charge in [-0.3, -0.25) is 23.8 Å². The second-order valence-electron chi connectivity index (χ2n) is 16.3. The lowest BCUT2D eigenvalue weighted by Gasteiger charge is -2.49. The Morgan fingerprint density at radius 2 is 2.00 bits per heavy atom. The molecule has 7 rings (SSSR count). The maximum Gasteiger partial charge on any atom is 0.286 e. The molecule has 15 heteroatoms. The number of halogens is 1. The molecule has 1 aromatic heterocycles. The second kappa shape index (κ2) is 15.5. The van der Waals surface area contributed by atoms with Crippen molar-refractivity contribution in [2.24, 2.45) is 29.2 Å². The summed E-state index contributed by atoms with van der Waals surface area (Å²) in [7, 11) is 2.65. The van der Waals surface area contributed by atoms with Crippen LogP contribution in [-0.4, -0.2) is 94.0 Å². The number of methoxy groups -OCH3 is 1. The number of allylic oxidation sites excluding steroid dienone is 1. The van der Waals surface area contributed by atoms with Gasteiger partial charge >= 0.3 is 0 Å². The number of aliphatic hydroxyl groups is 1. The van der Waals surface area contributed by atoms with Crippen LogP contribution in [0.4, 0.5) is 5.69 Å². The van der Waals surface area contributed by atoms with Crippen LogP contribution in [0.1, 0.15) is 77.3 Å². The minimum Gasteiger partial charge on any atom is -0.490 e. The summed E-state index contributed by atoms with van der Waals surface area (Å²) in [6.45, 7) is 3.37. The van der Waals surface area contributed by atoms with Gasteiger partial charge in [-0.25, -0.2) is 4.21 Å². The van der Waals surface area contributed by atoms with Crippen molar-refractivity contribution in [3.8, 4) is 11.6 Å². The van der Waals surface area contributed by atoms with Crippen molar-refractivity contribution in [3.63, 3.8) is 0 Å². The molecule has 300 valence electrons. The molecule has 1 unspecified atom stereocenters. The van der Waals surface area contributed by atoms with Crippen molar-refractivity contribution in [3.05, 3.63) is 82.0 Å². The number of aromatic nitrogens is 2. The number of hydrogen-bond donors (Lipinski definition) is 2. The van der Waals surface area contributed by atoms with Gasteiger partial charge in [-0.2, -0.15) is 0 Å². The molecule has 6 atom stereocenters. The third-order valence-electron chi connectivity index (χ3n) is 11.9. The van der Waals surface area contributed by atoms with Crippen molar-refractivity contribution in [2.45, 2.75) is 62.9 Å². The number of hydrogen-bond acceptors (Lipinski definition) is 9. The van der Waals surface area contributed by atoms with E-state index in [1.807, 2.05) is 25.1 Å². The summed E-state index contributed by atoms with van der Waals surface area (Å²) in [4.78, 5) is 44.7. The molecule has 4 aliphatic rings. The van der Waals surface area contributed by atoms with E-state index >= 15 is 0 Å². The van der Waals surface area contributed by atoms with Gasteiger partial charge in [-0.05, 0) is 97.7 Å². The highest BCUT2D eigenvalue weighted by Crippen LogP contribution is 2.49. The Kier molecular flexibility index (Phi) is 11.0. The van der Waals surface area contributed by atoms with E-state index < -0.39 is 27.3 Å². The van der Waals surface area contributed by atoms with E-state index in [-0.39, 0.29) is 58.3 Å². The number of benzene rings is 2. The first kappa shape index (κ1) is 39.8. The molecule has 2 aromatic carbocycles. The van der Waals surface area contributed by atoms with Crippen molar-refractivity contribution in [1.29, 1.82) is 0 Å². The molecule has 3 aromatic rings. The van der Waals surface area contributed by atoms with Gasteiger partial charge in [0.15, 0.2) is 0 Å². The highest BCUT2D eigenvalue weighted by atomic mass is 35.5. The van der Waals surface area contributed by atoms with Crippen molar-refractivity contribution < 1.29 is 33.2 Å². The molecule has 13 nitrogen and oxygen atoms in total. The largest absolute Gasteiger partial charge is 0.490 e. The van der Waals surface area contributed by atoms with Gasteiger partial charge < -0.3 is 24.4 Å². The summed E-state index contributed by atoms with van der Waals surface area (Å²) < 4.78 is 34.8. The molecule has 2 bridgehead atoms. The van der Waals surface area contributed by atoms with Crippen LogP contribution in [-0.2, 0) is 33.6 Å². The smallest absolute Gasteiger partial charge is 0.286 e. The normalized spacial score (nSPS) is 29.4. The van der Waals surface area contributed by atoms with E-state index in [0.29, 0.717) is 42.6 Å². The fraction of sp³-hybridized carbons (Fsp3) is 0.512. The third kappa shape index (κ3) is 7.92. The van der Waals surface area contributed by atoms with E-state index in [4.69, 9.17) is 21.1 Å². The highest BCUT2D eigenvalue weighted by molar-refractivity contribution is 7.92. The Balaban J connectivity index is 1.34. The minimum absolute atomic E-state index is 0.0312. The number of amides is 3. The van der Waals surface area contributed by atoms with Gasteiger partial charge in [0.2, 0.25) is 11.8 Å². The first-order valence-electron chi connectivity index (χ1n) is 19.2. The molecule has 1 spiro atoms. The average Bonchev–Trinajstić information content (AvgIpc) is 3.44. The van der Waals surface area contributed by atoms with Crippen molar-refractivity contribution in [1.82, 2.24) is 19.4 Å². The third-order valence-corrected chi connectivity index (χ3v) is 14.1. The van der Waals surface area contributed by atoms with Gasteiger partial charge in [0.1, 0.15) is 21.2 Å². The Morgan fingerprint density at radius 3 is 2.73 bits per heavy atom. The number of anilines is 1. The van der Waals surface area contributed by atoms with Gasteiger partial charge in [0.05, 0.1) is 37.2 Å². The zero-order valence-electron chi connectivity index (χ0n) is 32.6. The van der Waals surface area contributed by atoms with Crippen molar-refractivity contribution in [2.75, 3.05) is 51.6 Å². The zero-order valence-corrected chi connectivity index (χ0v) is 34.2. The summed E-state index contributed by atoms with van der Waals surface area (Å²) in [6.07, 6.45) is 9.60. The van der Waals surface area contributed by atoms with Crippen LogP contribution in [0, 0.1) is 17.8 Å². The van der Waals surface area contributed by atoms with Gasteiger partial charge in [0, 0.05) is 56.4 Å². The second-order valence-corrected chi connectivity index (χ2v) is 18.7. The Hall–Kier alpha value is -4.40. The van der Waals surface area contributed by atoms with Crippen LogP contribution in [0.25, 0.3) is 0 Å². The van der Waals surface area contributed by atoms with E-state index in [0.717, 1.165) is 32.1 Å². The predicted molar refractivity (Wildman–Crippen MR) is 215 cm³/mol. The fourth-order valence-electron chi connectivity index (χ4n) is 8.91. The van der Waals surface area contributed by atoms with E-state index in [9.17, 15) is 23.7 Å². The first-order valence-corrected chi connectivity index (χ1v) is 21.3. The zero-order chi connectivity index (χ0) is 40.0. The van der Waals surface area contributed by atoms with Crippen molar-refractivity contribution >= 4 is 44.9 Å². The van der Waals surface area contributed by atoms with Gasteiger partial charge in [-0.15, -0.1) is 9.46 Å². The number of nitrogens with zero attached hydrogens (tertiary/aromatic N) is 5. The number of ether oxygens (including phenoxy) is 2. The lowest BCUT2D eigenvalue weighted by atomic mass is 9.63. The molecular weight excluding hydrogens is 756 g/mol. The summed E-state index contributed by atoms with van der Waals surface area (Å²) in [6, 6.07) is 11.2. The SMILES string of the molecule is COc1nn(C)cc1C(=O)NS1(=O)=NC(=O)c2ccc3c(c2)N(C[C@@H]2CC[C@H]2[C@](O)(CC(=O)N(C)C)/C=C\C[C@H](C)C1)C[C@@]1(CCCc2cc(Cl)ccc21)CO3. The Bertz CT molecular complexity index is 2200. The summed E-state index contributed by atoms with van der Waals surface area (Å²) in [5.41, 5.74) is 1.50. The molecule has 2 aliphatic carbocycles.